The number of aromatic nitrogens is 2. The van der Waals surface area contributed by atoms with Gasteiger partial charge in [0.1, 0.15) is 23.8 Å². The number of benzene rings is 2. The third kappa shape index (κ3) is 6.55. The summed E-state index contributed by atoms with van der Waals surface area (Å²) >= 11 is 3.08. The number of hydrogen-bond donors (Lipinski definition) is 3. The summed E-state index contributed by atoms with van der Waals surface area (Å²) in [4.78, 5) is 20.9. The number of nitrogens with zero attached hydrogens (tertiary/aromatic N) is 2. The molecular weight excluding hydrogens is 494 g/mol. The van der Waals surface area contributed by atoms with Gasteiger partial charge in [0.25, 0.3) is 5.91 Å². The van der Waals surface area contributed by atoms with Crippen molar-refractivity contribution in [2.24, 2.45) is 0 Å². The fourth-order valence-corrected chi connectivity index (χ4v) is 3.86. The summed E-state index contributed by atoms with van der Waals surface area (Å²) in [5.74, 6) is -0.895. The molecule has 9 heteroatoms. The Hall–Kier alpha value is -2.91. The molecule has 0 spiro atoms. The van der Waals surface area contributed by atoms with Crippen LogP contribution in [0.1, 0.15) is 34.8 Å². The van der Waals surface area contributed by atoms with Gasteiger partial charge in [-0.25, -0.2) is 18.7 Å². The summed E-state index contributed by atoms with van der Waals surface area (Å²) in [6.07, 6.45) is 3.15. The lowest BCUT2D eigenvalue weighted by Crippen LogP contribution is -2.27. The summed E-state index contributed by atoms with van der Waals surface area (Å²) in [6, 6.07) is 9.72. The van der Waals surface area contributed by atoms with E-state index in [1.54, 1.807) is 12.1 Å². The maximum atomic E-state index is 14.0. The van der Waals surface area contributed by atoms with Crippen LogP contribution in [0.5, 0.6) is 0 Å². The molecule has 3 aromatic rings. The SMILES string of the molecule is CCCc1cc(-c2cc(NCCc3c(F)cc(Br)cc3F)ncn2)ccc1C(=O)NCCO. The second kappa shape index (κ2) is 11.8. The molecule has 0 saturated carbocycles. The molecule has 0 fully saturated rings. The van der Waals surface area contributed by atoms with Crippen LogP contribution < -0.4 is 10.6 Å². The van der Waals surface area contributed by atoms with Gasteiger partial charge in [0.15, 0.2) is 0 Å². The molecule has 6 nitrogen and oxygen atoms in total. The molecule has 33 heavy (non-hydrogen) atoms. The van der Waals surface area contributed by atoms with Gasteiger partial charge in [0.05, 0.1) is 12.3 Å². The molecule has 0 saturated heterocycles. The van der Waals surface area contributed by atoms with Crippen LogP contribution in [0, 0.1) is 11.6 Å². The van der Waals surface area contributed by atoms with Gasteiger partial charge in [-0.3, -0.25) is 4.79 Å². The molecule has 3 N–H and O–H groups in total. The van der Waals surface area contributed by atoms with Crippen LogP contribution >= 0.6 is 15.9 Å². The Balaban J connectivity index is 1.74. The number of hydrogen-bond acceptors (Lipinski definition) is 5. The normalized spacial score (nSPS) is 10.8. The number of carbonyl (C=O) groups is 1. The highest BCUT2D eigenvalue weighted by Gasteiger charge is 2.14. The van der Waals surface area contributed by atoms with E-state index in [1.807, 2.05) is 19.1 Å². The van der Waals surface area contributed by atoms with E-state index < -0.39 is 11.6 Å². The van der Waals surface area contributed by atoms with Crippen molar-refractivity contribution in [2.45, 2.75) is 26.2 Å². The van der Waals surface area contributed by atoms with Crippen LogP contribution in [-0.2, 0) is 12.8 Å². The topological polar surface area (TPSA) is 87.1 Å². The van der Waals surface area contributed by atoms with Crippen LogP contribution in [0.25, 0.3) is 11.3 Å². The van der Waals surface area contributed by atoms with Gasteiger partial charge in [-0.2, -0.15) is 0 Å². The van der Waals surface area contributed by atoms with Crippen molar-refractivity contribution < 1.29 is 18.7 Å². The number of rotatable bonds is 10. The number of amides is 1. The number of aliphatic hydroxyl groups excluding tert-OH is 1. The van der Waals surface area contributed by atoms with E-state index in [9.17, 15) is 13.6 Å². The van der Waals surface area contributed by atoms with E-state index in [4.69, 9.17) is 5.11 Å². The average Bonchev–Trinajstić information content (AvgIpc) is 2.79. The third-order valence-corrected chi connectivity index (χ3v) is 5.47. The predicted molar refractivity (Wildman–Crippen MR) is 127 cm³/mol. The van der Waals surface area contributed by atoms with Crippen LogP contribution in [0.4, 0.5) is 14.6 Å². The van der Waals surface area contributed by atoms with Gasteiger partial charge in [-0.05, 0) is 42.7 Å². The molecule has 0 unspecified atom stereocenters. The molecule has 0 aliphatic rings. The van der Waals surface area contributed by atoms with Crippen molar-refractivity contribution in [1.82, 2.24) is 15.3 Å². The molecule has 0 bridgehead atoms. The summed E-state index contributed by atoms with van der Waals surface area (Å²) in [6.45, 7) is 2.40. The van der Waals surface area contributed by atoms with Gasteiger partial charge in [-0.15, -0.1) is 0 Å². The smallest absolute Gasteiger partial charge is 0.251 e. The molecular formula is C24H25BrF2N4O2. The molecule has 0 atom stereocenters. The Morgan fingerprint density at radius 2 is 1.82 bits per heavy atom. The van der Waals surface area contributed by atoms with E-state index in [0.29, 0.717) is 21.5 Å². The van der Waals surface area contributed by atoms with Gasteiger partial charge in [0, 0.05) is 40.3 Å². The zero-order valence-electron chi connectivity index (χ0n) is 18.2. The van der Waals surface area contributed by atoms with Crippen LogP contribution in [-0.4, -0.2) is 40.7 Å². The highest BCUT2D eigenvalue weighted by atomic mass is 79.9. The number of anilines is 1. The average molecular weight is 519 g/mol. The van der Waals surface area contributed by atoms with E-state index in [2.05, 4.69) is 36.5 Å². The minimum atomic E-state index is -0.598. The lowest BCUT2D eigenvalue weighted by molar-refractivity contribution is 0.0944. The van der Waals surface area contributed by atoms with Crippen molar-refractivity contribution in [3.63, 3.8) is 0 Å². The fourth-order valence-electron chi connectivity index (χ4n) is 3.45. The largest absolute Gasteiger partial charge is 0.395 e. The van der Waals surface area contributed by atoms with E-state index in [-0.39, 0.29) is 37.6 Å². The Morgan fingerprint density at radius 1 is 1.06 bits per heavy atom. The molecule has 1 amide bonds. The Bertz CT molecular complexity index is 1100. The number of aryl methyl sites for hydroxylation is 1. The minimum Gasteiger partial charge on any atom is -0.395 e. The first kappa shape index (κ1) is 24.7. The number of aliphatic hydroxyl groups is 1. The highest BCUT2D eigenvalue weighted by Crippen LogP contribution is 2.24. The van der Waals surface area contributed by atoms with Crippen molar-refractivity contribution in [2.75, 3.05) is 25.0 Å². The minimum absolute atomic E-state index is 0.0132. The fraction of sp³-hybridized carbons (Fsp3) is 0.292. The number of nitrogens with one attached hydrogen (secondary N) is 2. The summed E-state index contributed by atoms with van der Waals surface area (Å²) in [5.41, 5.74) is 2.96. The van der Waals surface area contributed by atoms with Crippen LogP contribution in [0.2, 0.25) is 0 Å². The molecule has 0 aliphatic heterocycles. The monoisotopic (exact) mass is 518 g/mol. The van der Waals surface area contributed by atoms with Gasteiger partial charge < -0.3 is 15.7 Å². The van der Waals surface area contributed by atoms with Crippen molar-refractivity contribution in [3.8, 4) is 11.3 Å². The Labute approximate surface area is 199 Å². The quantitative estimate of drug-likeness (QED) is 0.367. The molecule has 0 aliphatic carbocycles. The second-order valence-electron chi connectivity index (χ2n) is 7.41. The lowest BCUT2D eigenvalue weighted by Gasteiger charge is -2.12. The first-order valence-electron chi connectivity index (χ1n) is 10.6. The van der Waals surface area contributed by atoms with Gasteiger partial charge >= 0.3 is 0 Å². The summed E-state index contributed by atoms with van der Waals surface area (Å²) < 4.78 is 28.4. The number of halogens is 3. The van der Waals surface area contributed by atoms with Crippen LogP contribution in [0.3, 0.4) is 0 Å². The van der Waals surface area contributed by atoms with E-state index in [1.165, 1.54) is 18.5 Å². The first-order valence-corrected chi connectivity index (χ1v) is 11.4. The van der Waals surface area contributed by atoms with Crippen molar-refractivity contribution in [1.29, 1.82) is 0 Å². The number of carbonyl (C=O) groups excluding carboxylic acids is 1. The zero-order valence-corrected chi connectivity index (χ0v) is 19.8. The Morgan fingerprint density at radius 3 is 2.52 bits per heavy atom. The molecule has 0 radical (unpaired) electrons. The van der Waals surface area contributed by atoms with Crippen LogP contribution in [0.15, 0.2) is 47.2 Å². The lowest BCUT2D eigenvalue weighted by atomic mass is 9.98. The molecule has 1 heterocycles. The van der Waals surface area contributed by atoms with Gasteiger partial charge in [-0.1, -0.05) is 35.3 Å². The predicted octanol–water partition coefficient (Wildman–Crippen LogP) is 4.51. The van der Waals surface area contributed by atoms with E-state index >= 15 is 0 Å². The molecule has 3 rings (SSSR count). The Kier molecular flexibility index (Phi) is 8.85. The van der Waals surface area contributed by atoms with Gasteiger partial charge in [0.2, 0.25) is 0 Å². The standard InChI is InChI=1S/C24H25BrF2N4O2/c1-2-3-15-10-16(4-5-18(15)24(33)29-8-9-32)22-13-23(31-14-30-22)28-7-6-19-20(26)11-17(25)12-21(19)27/h4-5,10-14,32H,2-3,6-9H2,1H3,(H,29,33)(H,28,30,31). The summed E-state index contributed by atoms with van der Waals surface area (Å²) in [7, 11) is 0. The molecule has 1 aromatic heterocycles. The van der Waals surface area contributed by atoms with Crippen molar-refractivity contribution >= 4 is 27.7 Å². The highest BCUT2D eigenvalue weighted by molar-refractivity contribution is 9.10. The van der Waals surface area contributed by atoms with Crippen molar-refractivity contribution in [3.05, 3.63) is 75.5 Å². The first-order chi connectivity index (χ1) is 15.9. The molecule has 174 valence electrons. The maximum absolute atomic E-state index is 14.0. The third-order valence-electron chi connectivity index (χ3n) is 5.02. The van der Waals surface area contributed by atoms with E-state index in [0.717, 1.165) is 24.0 Å². The zero-order chi connectivity index (χ0) is 23.8. The maximum Gasteiger partial charge on any atom is 0.251 e. The summed E-state index contributed by atoms with van der Waals surface area (Å²) in [5, 5.41) is 14.7. The second-order valence-corrected chi connectivity index (χ2v) is 8.33. The molecule has 2 aromatic carbocycles.